The maximum atomic E-state index is 14.1. The lowest BCUT2D eigenvalue weighted by Crippen LogP contribution is -2.53. The summed E-state index contributed by atoms with van der Waals surface area (Å²) in [6.07, 6.45) is 0. The molecule has 0 saturated carbocycles. The summed E-state index contributed by atoms with van der Waals surface area (Å²) in [5.74, 6) is 5.65. The first-order valence-corrected chi connectivity index (χ1v) is 11.8. The number of anilines is 1. The number of carbonyl (C=O) groups is 1. The first kappa shape index (κ1) is 25.7. The van der Waals surface area contributed by atoms with Gasteiger partial charge in [0.05, 0.1) is 23.4 Å². The molecule has 12 heteroatoms. The number of benzene rings is 1. The number of nitrogens with one attached hydrogen (secondary N) is 1. The average Bonchev–Trinajstić information content (AvgIpc) is 3.35. The highest BCUT2D eigenvalue weighted by Crippen LogP contribution is 2.24. The molecule has 3 aromatic rings. The molecule has 1 aromatic carbocycles. The number of rotatable bonds is 7. The number of aromatic nitrogens is 3. The Bertz CT molecular complexity index is 1390. The number of nitriles is 1. The van der Waals surface area contributed by atoms with E-state index >= 15 is 0 Å². The second kappa shape index (κ2) is 11.1. The number of amides is 1. The molecule has 0 spiro atoms. The lowest BCUT2D eigenvalue weighted by atomic mass is 10.1. The molecule has 1 aliphatic heterocycles. The van der Waals surface area contributed by atoms with Crippen molar-refractivity contribution in [2.24, 2.45) is 15.9 Å². The fourth-order valence-electron chi connectivity index (χ4n) is 4.33. The third-order valence-electron chi connectivity index (χ3n) is 6.34. The van der Waals surface area contributed by atoms with Gasteiger partial charge in [0, 0.05) is 45.4 Å². The van der Waals surface area contributed by atoms with Crippen LogP contribution in [0.25, 0.3) is 5.65 Å². The Balaban J connectivity index is 1.73. The van der Waals surface area contributed by atoms with Crippen LogP contribution in [0.4, 0.5) is 10.2 Å². The molecule has 1 saturated heterocycles. The number of hydrazone groups is 1. The molecule has 1 amide bonds. The van der Waals surface area contributed by atoms with Crippen LogP contribution in [0, 0.1) is 11.3 Å². The van der Waals surface area contributed by atoms with E-state index in [9.17, 15) is 9.18 Å². The largest absolute Gasteiger partial charge is 0.348 e. The number of nitrogens with zero attached hydrogens (tertiary/aromatic N) is 8. The molecule has 1 atom stereocenters. The normalized spacial score (nSPS) is 17.2. The minimum atomic E-state index is -0.552. The summed E-state index contributed by atoms with van der Waals surface area (Å²) in [6.45, 7) is 3.26. The third kappa shape index (κ3) is 5.41. The van der Waals surface area contributed by atoms with E-state index in [1.54, 1.807) is 54.9 Å². The molecule has 37 heavy (non-hydrogen) atoms. The van der Waals surface area contributed by atoms with Crippen LogP contribution in [0.2, 0.25) is 0 Å². The fourth-order valence-corrected chi connectivity index (χ4v) is 4.33. The summed E-state index contributed by atoms with van der Waals surface area (Å²) in [5.41, 5.74) is 3.46. The first-order chi connectivity index (χ1) is 17.9. The maximum Gasteiger partial charge on any atom is 0.270 e. The Kier molecular flexibility index (Phi) is 7.74. The molecule has 3 N–H and O–H groups in total. The molecule has 0 aliphatic carbocycles. The lowest BCUT2D eigenvalue weighted by molar-refractivity contribution is 0.0946. The lowest BCUT2D eigenvalue weighted by Gasteiger charge is -2.40. The summed E-state index contributed by atoms with van der Waals surface area (Å²) in [4.78, 5) is 26.0. The van der Waals surface area contributed by atoms with E-state index in [0.717, 1.165) is 12.1 Å². The number of hydrogen-bond donors (Lipinski definition) is 2. The van der Waals surface area contributed by atoms with Crippen LogP contribution in [0.5, 0.6) is 0 Å². The van der Waals surface area contributed by atoms with E-state index in [4.69, 9.17) is 11.1 Å². The molecule has 0 unspecified atom stereocenters. The number of halogens is 1. The minimum absolute atomic E-state index is 0.179. The topological polar surface area (TPSA) is 140 Å². The van der Waals surface area contributed by atoms with E-state index in [1.807, 2.05) is 11.9 Å². The van der Waals surface area contributed by atoms with Crippen molar-refractivity contribution in [2.75, 3.05) is 45.3 Å². The van der Waals surface area contributed by atoms with Gasteiger partial charge in [-0.2, -0.15) is 20.0 Å². The quantitative estimate of drug-likeness (QED) is 0.281. The molecule has 0 radical (unpaired) electrons. The van der Waals surface area contributed by atoms with Crippen LogP contribution in [-0.2, 0) is 6.54 Å². The molecule has 4 rings (SSSR count). The molecule has 192 valence electrons. The van der Waals surface area contributed by atoms with Gasteiger partial charge in [-0.05, 0) is 31.7 Å². The molecule has 2 aromatic heterocycles. The zero-order valence-corrected chi connectivity index (χ0v) is 21.0. The van der Waals surface area contributed by atoms with Crippen LogP contribution in [0.1, 0.15) is 34.2 Å². The van der Waals surface area contributed by atoms with Gasteiger partial charge in [-0.3, -0.25) is 9.79 Å². The molecule has 3 heterocycles. The van der Waals surface area contributed by atoms with Gasteiger partial charge in [-0.1, -0.05) is 12.1 Å². The fraction of sp³-hybridized carbons (Fsp3) is 0.360. The number of likely N-dealkylation sites (N-methyl/N-ethyl adjacent to an activating group) is 1. The van der Waals surface area contributed by atoms with Gasteiger partial charge in [0.15, 0.2) is 5.65 Å². The van der Waals surface area contributed by atoms with Crippen LogP contribution in [0.15, 0.2) is 46.5 Å². The van der Waals surface area contributed by atoms with Gasteiger partial charge in [0.2, 0.25) is 0 Å². The number of fused-ring (bicyclic) bond motifs is 1. The monoisotopic (exact) mass is 504 g/mol. The highest BCUT2D eigenvalue weighted by Gasteiger charge is 2.29. The molecular weight excluding hydrogens is 475 g/mol. The molecular formula is C25H29FN10O. The number of carbonyl (C=O) groups excluding carboxylic acids is 1. The molecule has 0 bridgehead atoms. The summed E-state index contributed by atoms with van der Waals surface area (Å²) < 4.78 is 15.7. The van der Waals surface area contributed by atoms with Gasteiger partial charge >= 0.3 is 0 Å². The van der Waals surface area contributed by atoms with Crippen molar-refractivity contribution >= 4 is 28.8 Å². The number of aliphatic imine (C=N–C) groups is 1. The number of alkyl halides is 1. The van der Waals surface area contributed by atoms with Crippen LogP contribution in [0.3, 0.4) is 0 Å². The van der Waals surface area contributed by atoms with Crippen LogP contribution in [-0.4, -0.2) is 83.3 Å². The summed E-state index contributed by atoms with van der Waals surface area (Å²) >= 11 is 0. The van der Waals surface area contributed by atoms with Gasteiger partial charge in [-0.15, -0.1) is 0 Å². The van der Waals surface area contributed by atoms with Crippen molar-refractivity contribution in [3.8, 4) is 6.07 Å². The number of hydrogen-bond acceptors (Lipinski definition) is 9. The van der Waals surface area contributed by atoms with Crippen molar-refractivity contribution in [1.82, 2.24) is 24.8 Å². The highest BCUT2D eigenvalue weighted by atomic mass is 19.1. The third-order valence-corrected chi connectivity index (χ3v) is 6.34. The predicted molar refractivity (Wildman–Crippen MR) is 140 cm³/mol. The van der Waals surface area contributed by atoms with E-state index in [0.29, 0.717) is 47.2 Å². The molecule has 1 aliphatic rings. The van der Waals surface area contributed by atoms with Crippen LogP contribution < -0.4 is 16.1 Å². The van der Waals surface area contributed by atoms with Gasteiger partial charge in [0.25, 0.3) is 5.91 Å². The van der Waals surface area contributed by atoms with E-state index < -0.39 is 12.7 Å². The smallest absolute Gasteiger partial charge is 0.270 e. The second-order valence-electron chi connectivity index (χ2n) is 8.84. The van der Waals surface area contributed by atoms with Crippen molar-refractivity contribution < 1.29 is 9.18 Å². The first-order valence-electron chi connectivity index (χ1n) is 11.8. The van der Waals surface area contributed by atoms with Crippen LogP contribution >= 0.6 is 0 Å². The number of piperazine rings is 1. The molecule has 11 nitrogen and oxygen atoms in total. The minimum Gasteiger partial charge on any atom is -0.348 e. The Morgan fingerprint density at radius 2 is 2.03 bits per heavy atom. The SMILES string of the molecule is CN=C(/C(C)=N\N)c1cc2nc(C(=O)NCc3ccc(C#N)cc3)cc(N3CCN(C)C[C@H]3CF)n2n1. The summed E-state index contributed by atoms with van der Waals surface area (Å²) in [7, 11) is 3.57. The van der Waals surface area contributed by atoms with Gasteiger partial charge < -0.3 is 21.0 Å². The predicted octanol–water partition coefficient (Wildman–Crippen LogP) is 1.37. The zero-order chi connectivity index (χ0) is 26.5. The van der Waals surface area contributed by atoms with E-state index in [1.165, 1.54) is 0 Å². The molecule has 1 fully saturated rings. The van der Waals surface area contributed by atoms with Crippen molar-refractivity contribution in [2.45, 2.75) is 19.5 Å². The van der Waals surface area contributed by atoms with Gasteiger partial charge in [0.1, 0.15) is 29.6 Å². The Morgan fingerprint density at radius 3 is 2.68 bits per heavy atom. The van der Waals surface area contributed by atoms with Gasteiger partial charge in [-0.25, -0.2) is 9.37 Å². The van der Waals surface area contributed by atoms with E-state index in [2.05, 4.69) is 36.5 Å². The van der Waals surface area contributed by atoms with Crippen molar-refractivity contribution in [3.05, 3.63) is 58.9 Å². The average molecular weight is 505 g/mol. The standard InChI is InChI=1S/C25H29FN10O/c1-16(32-28)24(29-2)20-10-22-31-21(25(37)30-14-18-6-4-17(13-27)5-7-18)11-23(36(22)33-20)35-9-8-34(3)15-19(35)12-26/h4-7,10-11,19H,8-9,12,14-15,28H2,1-3H3,(H,30,37)/b29-24?,32-16-/t19-/m1/s1. The summed E-state index contributed by atoms with van der Waals surface area (Å²) in [6, 6.07) is 12.0. The second-order valence-corrected chi connectivity index (χ2v) is 8.84. The Morgan fingerprint density at radius 1 is 1.27 bits per heavy atom. The zero-order valence-electron chi connectivity index (χ0n) is 21.0. The Labute approximate surface area is 214 Å². The van der Waals surface area contributed by atoms with Crippen molar-refractivity contribution in [3.63, 3.8) is 0 Å². The van der Waals surface area contributed by atoms with Crippen molar-refractivity contribution in [1.29, 1.82) is 5.26 Å². The van der Waals surface area contributed by atoms with E-state index in [-0.39, 0.29) is 18.1 Å². The highest BCUT2D eigenvalue weighted by molar-refractivity contribution is 6.47. The summed E-state index contributed by atoms with van der Waals surface area (Å²) in [5, 5.41) is 20.3. The maximum absolute atomic E-state index is 14.1. The number of nitrogens with two attached hydrogens (primary N) is 1. The Hall–Kier alpha value is -4.37.